The van der Waals surface area contributed by atoms with Crippen LogP contribution < -0.4 is 10.1 Å². The van der Waals surface area contributed by atoms with Gasteiger partial charge in [-0.3, -0.25) is 0 Å². The molecule has 0 amide bonds. The van der Waals surface area contributed by atoms with Crippen LogP contribution in [0.25, 0.3) is 10.8 Å². The molecule has 3 aromatic rings. The van der Waals surface area contributed by atoms with Crippen molar-refractivity contribution in [3.63, 3.8) is 0 Å². The van der Waals surface area contributed by atoms with Crippen molar-refractivity contribution in [2.45, 2.75) is 0 Å². The number of fused-ring (bicyclic) bond motifs is 1. The number of hydrogen-bond donors (Lipinski definition) is 1. The van der Waals surface area contributed by atoms with Gasteiger partial charge in [0.2, 0.25) is 0 Å². The van der Waals surface area contributed by atoms with Gasteiger partial charge in [0.1, 0.15) is 5.75 Å². The molecule has 0 saturated heterocycles. The van der Waals surface area contributed by atoms with Gasteiger partial charge >= 0.3 is 0 Å². The molecule has 1 N–H and O–H groups in total. The molecule has 0 atom stereocenters. The molecule has 3 aromatic carbocycles. The summed E-state index contributed by atoms with van der Waals surface area (Å²) in [4.78, 5) is 0. The highest BCUT2D eigenvalue weighted by Crippen LogP contribution is 2.32. The van der Waals surface area contributed by atoms with Crippen LogP contribution >= 0.6 is 0 Å². The summed E-state index contributed by atoms with van der Waals surface area (Å²) < 4.78 is 5.14. The molecule has 22 heavy (non-hydrogen) atoms. The van der Waals surface area contributed by atoms with Crippen LogP contribution in [0.1, 0.15) is 0 Å². The van der Waals surface area contributed by atoms with Crippen LogP contribution in [-0.4, -0.2) is 14.2 Å². The monoisotopic (exact) mass is 291 g/mol. The quantitative estimate of drug-likeness (QED) is 0.662. The fraction of sp³-hybridized carbons (Fsp3) is 0.111. The topological polar surface area (TPSA) is 46.0 Å². The zero-order chi connectivity index (χ0) is 15.4. The molecule has 0 unspecified atom stereocenters. The second kappa shape index (κ2) is 6.26. The zero-order valence-electron chi connectivity index (χ0n) is 12.6. The first-order valence-electron chi connectivity index (χ1n) is 7.07. The molecule has 4 nitrogen and oxygen atoms in total. The second-order valence-electron chi connectivity index (χ2n) is 4.83. The highest BCUT2D eigenvalue weighted by molar-refractivity contribution is 6.00. The van der Waals surface area contributed by atoms with Crippen molar-refractivity contribution in [3.05, 3.63) is 60.7 Å². The number of rotatable bonds is 4. The van der Waals surface area contributed by atoms with Crippen molar-refractivity contribution in [3.8, 4) is 5.75 Å². The highest BCUT2D eigenvalue weighted by atomic mass is 16.5. The molecule has 0 spiro atoms. The molecule has 0 aliphatic rings. The maximum Gasteiger partial charge on any atom is 0.119 e. The van der Waals surface area contributed by atoms with Gasteiger partial charge in [0, 0.05) is 23.5 Å². The Hall–Kier alpha value is -2.88. The number of nitrogens with one attached hydrogen (secondary N) is 1. The molecule has 3 rings (SSSR count). The van der Waals surface area contributed by atoms with E-state index in [2.05, 4.69) is 27.7 Å². The van der Waals surface area contributed by atoms with Crippen molar-refractivity contribution < 1.29 is 4.74 Å². The van der Waals surface area contributed by atoms with E-state index < -0.39 is 0 Å². The molecule has 0 fully saturated rings. The highest BCUT2D eigenvalue weighted by Gasteiger charge is 2.04. The van der Waals surface area contributed by atoms with Crippen molar-refractivity contribution in [2.75, 3.05) is 19.5 Å². The Morgan fingerprint density at radius 1 is 0.818 bits per heavy atom. The Bertz CT molecular complexity index is 810. The predicted molar refractivity (Wildman–Crippen MR) is 90.7 cm³/mol. The average molecular weight is 291 g/mol. The summed E-state index contributed by atoms with van der Waals surface area (Å²) in [6.07, 6.45) is 0. The average Bonchev–Trinajstić information content (AvgIpc) is 2.60. The maximum atomic E-state index is 5.14. The van der Waals surface area contributed by atoms with Crippen LogP contribution in [0.15, 0.2) is 70.9 Å². The molecule has 0 aliphatic carbocycles. The number of methoxy groups -OCH3 is 1. The van der Waals surface area contributed by atoms with Gasteiger partial charge in [-0.2, -0.15) is 5.11 Å². The van der Waals surface area contributed by atoms with E-state index in [0.29, 0.717) is 0 Å². The van der Waals surface area contributed by atoms with Gasteiger partial charge < -0.3 is 10.1 Å². The minimum absolute atomic E-state index is 0.794. The largest absolute Gasteiger partial charge is 0.497 e. The molecular weight excluding hydrogens is 274 g/mol. The SMILES string of the molecule is CNc1ccc(N=Nc2ccc(OC)cc2)c2ccccc12. The van der Waals surface area contributed by atoms with Gasteiger partial charge in [-0.25, -0.2) is 0 Å². The first kappa shape index (κ1) is 14.1. The van der Waals surface area contributed by atoms with Crippen molar-refractivity contribution in [1.82, 2.24) is 0 Å². The van der Waals surface area contributed by atoms with Gasteiger partial charge in [-0.1, -0.05) is 24.3 Å². The smallest absolute Gasteiger partial charge is 0.119 e. The van der Waals surface area contributed by atoms with Crippen molar-refractivity contribution >= 4 is 27.8 Å². The lowest BCUT2D eigenvalue weighted by Crippen LogP contribution is -1.88. The Morgan fingerprint density at radius 2 is 1.55 bits per heavy atom. The van der Waals surface area contributed by atoms with E-state index in [9.17, 15) is 0 Å². The van der Waals surface area contributed by atoms with E-state index in [4.69, 9.17) is 4.74 Å². The molecule has 110 valence electrons. The molecule has 0 radical (unpaired) electrons. The first-order chi connectivity index (χ1) is 10.8. The Morgan fingerprint density at radius 3 is 2.23 bits per heavy atom. The van der Waals surface area contributed by atoms with Crippen molar-refractivity contribution in [2.24, 2.45) is 10.2 Å². The van der Waals surface area contributed by atoms with E-state index in [1.807, 2.05) is 55.6 Å². The fourth-order valence-electron chi connectivity index (χ4n) is 2.35. The van der Waals surface area contributed by atoms with Crippen LogP contribution in [0.4, 0.5) is 17.1 Å². The summed E-state index contributed by atoms with van der Waals surface area (Å²) >= 11 is 0. The standard InChI is InChI=1S/C18H17N3O/c1-19-17-11-12-18(16-6-4-3-5-15(16)17)21-20-13-7-9-14(22-2)10-8-13/h3-12,19H,1-2H3. The summed E-state index contributed by atoms with van der Waals surface area (Å²) in [6.45, 7) is 0. The third-order valence-electron chi connectivity index (χ3n) is 3.52. The van der Waals surface area contributed by atoms with E-state index >= 15 is 0 Å². The van der Waals surface area contributed by atoms with Crippen LogP contribution in [0.2, 0.25) is 0 Å². The van der Waals surface area contributed by atoms with Crippen LogP contribution in [0.3, 0.4) is 0 Å². The minimum atomic E-state index is 0.794. The third kappa shape index (κ3) is 2.76. The zero-order valence-corrected chi connectivity index (χ0v) is 12.6. The molecule has 0 aliphatic heterocycles. The predicted octanol–water partition coefficient (Wildman–Crippen LogP) is 5.31. The Kier molecular flexibility index (Phi) is 4.01. The molecule has 0 aromatic heterocycles. The summed E-state index contributed by atoms with van der Waals surface area (Å²) in [5.74, 6) is 0.808. The fourth-order valence-corrected chi connectivity index (χ4v) is 2.35. The molecule has 0 saturated carbocycles. The number of azo groups is 1. The van der Waals surface area contributed by atoms with Crippen LogP contribution in [0, 0.1) is 0 Å². The lowest BCUT2D eigenvalue weighted by atomic mass is 10.1. The molecule has 4 heteroatoms. The molecule has 0 heterocycles. The lowest BCUT2D eigenvalue weighted by molar-refractivity contribution is 0.415. The Labute approximate surface area is 129 Å². The van der Waals surface area contributed by atoms with E-state index in [0.717, 1.165) is 33.6 Å². The molecule has 0 bridgehead atoms. The molecular formula is C18H17N3O. The number of ether oxygens (including phenoxy) is 1. The first-order valence-corrected chi connectivity index (χ1v) is 7.07. The van der Waals surface area contributed by atoms with Gasteiger partial charge in [0.15, 0.2) is 0 Å². The normalized spacial score (nSPS) is 11.0. The summed E-state index contributed by atoms with van der Waals surface area (Å²) in [5, 5.41) is 14.1. The number of anilines is 1. The van der Waals surface area contributed by atoms with Crippen LogP contribution in [0.5, 0.6) is 5.75 Å². The van der Waals surface area contributed by atoms with E-state index in [1.54, 1.807) is 7.11 Å². The number of hydrogen-bond acceptors (Lipinski definition) is 4. The number of benzene rings is 3. The van der Waals surface area contributed by atoms with Crippen LogP contribution in [-0.2, 0) is 0 Å². The second-order valence-corrected chi connectivity index (χ2v) is 4.83. The van der Waals surface area contributed by atoms with Gasteiger partial charge in [-0.05, 0) is 36.4 Å². The maximum absolute atomic E-state index is 5.14. The third-order valence-corrected chi connectivity index (χ3v) is 3.52. The van der Waals surface area contributed by atoms with E-state index in [-0.39, 0.29) is 0 Å². The summed E-state index contributed by atoms with van der Waals surface area (Å²) in [7, 11) is 3.56. The minimum Gasteiger partial charge on any atom is -0.497 e. The van der Waals surface area contributed by atoms with Crippen molar-refractivity contribution in [1.29, 1.82) is 0 Å². The Balaban J connectivity index is 1.98. The summed E-state index contributed by atoms with van der Waals surface area (Å²) in [5.41, 5.74) is 2.73. The van der Waals surface area contributed by atoms with Gasteiger partial charge in [-0.15, -0.1) is 5.11 Å². The summed E-state index contributed by atoms with van der Waals surface area (Å²) in [6, 6.07) is 19.7. The lowest BCUT2D eigenvalue weighted by Gasteiger charge is -2.07. The number of nitrogens with zero attached hydrogens (tertiary/aromatic N) is 2. The van der Waals surface area contributed by atoms with Gasteiger partial charge in [0.25, 0.3) is 0 Å². The van der Waals surface area contributed by atoms with E-state index in [1.165, 1.54) is 0 Å². The van der Waals surface area contributed by atoms with Gasteiger partial charge in [0.05, 0.1) is 18.5 Å².